The van der Waals surface area contributed by atoms with Gasteiger partial charge in [0.25, 0.3) is 0 Å². The summed E-state index contributed by atoms with van der Waals surface area (Å²) in [6, 6.07) is 9.64. The Morgan fingerprint density at radius 1 is 1.17 bits per heavy atom. The molecule has 0 aliphatic rings. The van der Waals surface area contributed by atoms with Crippen LogP contribution in [0.2, 0.25) is 0 Å². The van der Waals surface area contributed by atoms with Crippen molar-refractivity contribution in [1.29, 1.82) is 0 Å². The number of aryl methyl sites for hydroxylation is 1. The molecule has 0 saturated carbocycles. The third-order valence-electron chi connectivity index (χ3n) is 4.35. The first kappa shape index (κ1) is 22.5. The molecule has 1 aromatic carbocycles. The molecule has 30 heavy (non-hydrogen) atoms. The van der Waals surface area contributed by atoms with Crippen LogP contribution >= 0.6 is 0 Å². The molecule has 0 aliphatic heterocycles. The van der Waals surface area contributed by atoms with Gasteiger partial charge in [-0.15, -0.1) is 0 Å². The van der Waals surface area contributed by atoms with Crippen molar-refractivity contribution in [2.45, 2.75) is 38.6 Å². The standard InChI is InChI=1S/C21H25N5O4/c1-2-17-16(4-3-11-23-17)18(12-21(29)30)26-20(28)10-9-19(27)25-15-7-5-14(6-8-15)13-24-22/h3-8,11,13,18H,2,9-10,12,22H2,1H3,(H,25,27)(H,26,28)(H,29,30). The first-order valence-corrected chi connectivity index (χ1v) is 9.51. The number of hydrogen-bond acceptors (Lipinski definition) is 6. The number of carboxylic acids is 1. The molecule has 0 bridgehead atoms. The Bertz CT molecular complexity index is 912. The van der Waals surface area contributed by atoms with Crippen molar-refractivity contribution in [3.63, 3.8) is 0 Å². The van der Waals surface area contributed by atoms with Gasteiger partial charge < -0.3 is 21.6 Å². The number of pyridine rings is 1. The Balaban J connectivity index is 1.93. The van der Waals surface area contributed by atoms with E-state index in [0.29, 0.717) is 17.7 Å². The molecule has 9 nitrogen and oxygen atoms in total. The summed E-state index contributed by atoms with van der Waals surface area (Å²) in [6.45, 7) is 1.91. The van der Waals surface area contributed by atoms with Crippen LogP contribution < -0.4 is 16.5 Å². The minimum absolute atomic E-state index is 0.0364. The predicted molar refractivity (Wildman–Crippen MR) is 113 cm³/mol. The molecule has 2 rings (SSSR count). The number of carbonyl (C=O) groups is 3. The average Bonchev–Trinajstić information content (AvgIpc) is 2.73. The number of aromatic nitrogens is 1. The van der Waals surface area contributed by atoms with Crippen molar-refractivity contribution in [2.75, 3.05) is 5.32 Å². The Labute approximate surface area is 174 Å². The Hall–Kier alpha value is -3.75. The van der Waals surface area contributed by atoms with E-state index < -0.39 is 17.9 Å². The summed E-state index contributed by atoms with van der Waals surface area (Å²) in [5, 5.41) is 18.0. The minimum atomic E-state index is -1.04. The maximum absolute atomic E-state index is 12.4. The molecule has 1 atom stereocenters. The molecule has 2 aromatic rings. The second-order valence-corrected chi connectivity index (χ2v) is 6.56. The van der Waals surface area contributed by atoms with E-state index in [0.717, 1.165) is 11.3 Å². The molecular formula is C21H25N5O4. The summed E-state index contributed by atoms with van der Waals surface area (Å²) in [4.78, 5) is 40.0. The number of nitrogens with zero attached hydrogens (tertiary/aromatic N) is 2. The second-order valence-electron chi connectivity index (χ2n) is 6.56. The van der Waals surface area contributed by atoms with Crippen molar-refractivity contribution in [3.05, 3.63) is 59.4 Å². The highest BCUT2D eigenvalue weighted by Crippen LogP contribution is 2.20. The van der Waals surface area contributed by atoms with Crippen molar-refractivity contribution in [1.82, 2.24) is 10.3 Å². The van der Waals surface area contributed by atoms with E-state index in [9.17, 15) is 19.5 Å². The number of hydrogen-bond donors (Lipinski definition) is 4. The number of nitrogens with one attached hydrogen (secondary N) is 2. The summed E-state index contributed by atoms with van der Waals surface area (Å²) in [5.74, 6) is 3.32. The molecule has 158 valence electrons. The molecule has 0 fully saturated rings. The lowest BCUT2D eigenvalue weighted by molar-refractivity contribution is -0.138. The monoisotopic (exact) mass is 411 g/mol. The van der Waals surface area contributed by atoms with E-state index in [1.54, 1.807) is 42.6 Å². The summed E-state index contributed by atoms with van der Waals surface area (Å²) < 4.78 is 0. The fourth-order valence-electron chi connectivity index (χ4n) is 2.93. The van der Waals surface area contributed by atoms with Gasteiger partial charge in [-0.25, -0.2) is 0 Å². The number of anilines is 1. The van der Waals surface area contributed by atoms with Gasteiger partial charge >= 0.3 is 5.97 Å². The molecule has 1 unspecified atom stereocenters. The van der Waals surface area contributed by atoms with Crippen LogP contribution in [-0.4, -0.2) is 34.1 Å². The number of benzene rings is 1. The number of carbonyl (C=O) groups excluding carboxylic acids is 2. The van der Waals surface area contributed by atoms with E-state index in [2.05, 4.69) is 20.7 Å². The van der Waals surface area contributed by atoms with Gasteiger partial charge in [0.15, 0.2) is 0 Å². The highest BCUT2D eigenvalue weighted by molar-refractivity contribution is 5.93. The highest BCUT2D eigenvalue weighted by Gasteiger charge is 2.21. The van der Waals surface area contributed by atoms with Crippen LogP contribution in [0.25, 0.3) is 0 Å². The normalized spacial score (nSPS) is 11.8. The van der Waals surface area contributed by atoms with Crippen molar-refractivity contribution < 1.29 is 19.5 Å². The van der Waals surface area contributed by atoms with Crippen molar-refractivity contribution >= 4 is 29.7 Å². The Kier molecular flexibility index (Phi) is 8.49. The topological polar surface area (TPSA) is 147 Å². The van der Waals surface area contributed by atoms with Gasteiger partial charge in [-0.1, -0.05) is 25.1 Å². The van der Waals surface area contributed by atoms with Crippen LogP contribution in [0, 0.1) is 0 Å². The number of rotatable bonds is 10. The summed E-state index contributed by atoms with van der Waals surface area (Å²) in [7, 11) is 0. The Morgan fingerprint density at radius 3 is 2.50 bits per heavy atom. The molecule has 5 N–H and O–H groups in total. The lowest BCUT2D eigenvalue weighted by atomic mass is 10.0. The van der Waals surface area contributed by atoms with Gasteiger partial charge in [-0.3, -0.25) is 19.4 Å². The maximum Gasteiger partial charge on any atom is 0.305 e. The molecule has 0 radical (unpaired) electrons. The van der Waals surface area contributed by atoms with Crippen LogP contribution in [0.3, 0.4) is 0 Å². The molecule has 9 heteroatoms. The van der Waals surface area contributed by atoms with Gasteiger partial charge in [0.05, 0.1) is 18.7 Å². The van der Waals surface area contributed by atoms with Crippen LogP contribution in [0.5, 0.6) is 0 Å². The van der Waals surface area contributed by atoms with Crippen LogP contribution in [0.1, 0.15) is 49.0 Å². The van der Waals surface area contributed by atoms with Crippen molar-refractivity contribution in [2.24, 2.45) is 10.9 Å². The molecular weight excluding hydrogens is 386 g/mol. The largest absolute Gasteiger partial charge is 0.481 e. The van der Waals surface area contributed by atoms with E-state index in [-0.39, 0.29) is 25.2 Å². The fourth-order valence-corrected chi connectivity index (χ4v) is 2.93. The fraction of sp³-hybridized carbons (Fsp3) is 0.286. The smallest absolute Gasteiger partial charge is 0.305 e. The van der Waals surface area contributed by atoms with E-state index in [1.165, 1.54) is 6.21 Å². The third-order valence-corrected chi connectivity index (χ3v) is 4.35. The van der Waals surface area contributed by atoms with E-state index >= 15 is 0 Å². The SMILES string of the molecule is CCc1ncccc1C(CC(=O)O)NC(=O)CCC(=O)Nc1ccc(C=NN)cc1. The van der Waals surface area contributed by atoms with E-state index in [1.807, 2.05) is 6.92 Å². The molecule has 0 aliphatic carbocycles. The van der Waals surface area contributed by atoms with Crippen LogP contribution in [0.4, 0.5) is 5.69 Å². The summed E-state index contributed by atoms with van der Waals surface area (Å²) in [6.07, 6.45) is 3.35. The number of nitrogens with two attached hydrogens (primary N) is 1. The summed E-state index contributed by atoms with van der Waals surface area (Å²) in [5.41, 5.74) is 2.77. The van der Waals surface area contributed by atoms with Gasteiger partial charge in [-0.05, 0) is 35.7 Å². The number of aliphatic carboxylic acids is 1. The van der Waals surface area contributed by atoms with Gasteiger partial charge in [0, 0.05) is 30.4 Å². The number of carboxylic acid groups (broad SMARTS) is 1. The first-order valence-electron chi connectivity index (χ1n) is 9.51. The van der Waals surface area contributed by atoms with Crippen molar-refractivity contribution in [3.8, 4) is 0 Å². The third kappa shape index (κ3) is 7.01. The zero-order valence-corrected chi connectivity index (χ0v) is 16.7. The second kappa shape index (κ2) is 11.3. The van der Waals surface area contributed by atoms with Crippen LogP contribution in [0.15, 0.2) is 47.7 Å². The zero-order chi connectivity index (χ0) is 21.9. The van der Waals surface area contributed by atoms with Gasteiger partial charge in [0.1, 0.15) is 0 Å². The van der Waals surface area contributed by atoms with Crippen LogP contribution in [-0.2, 0) is 20.8 Å². The molecule has 1 heterocycles. The first-order chi connectivity index (χ1) is 14.4. The molecule has 0 saturated heterocycles. The molecule has 2 amide bonds. The lowest BCUT2D eigenvalue weighted by Gasteiger charge is -2.19. The lowest BCUT2D eigenvalue weighted by Crippen LogP contribution is -2.31. The quantitative estimate of drug-likeness (QED) is 0.267. The minimum Gasteiger partial charge on any atom is -0.481 e. The number of amides is 2. The van der Waals surface area contributed by atoms with Gasteiger partial charge in [-0.2, -0.15) is 5.10 Å². The average molecular weight is 411 g/mol. The zero-order valence-electron chi connectivity index (χ0n) is 16.7. The Morgan fingerprint density at radius 2 is 1.87 bits per heavy atom. The molecule has 0 spiro atoms. The van der Waals surface area contributed by atoms with Gasteiger partial charge in [0.2, 0.25) is 11.8 Å². The predicted octanol–water partition coefficient (Wildman–Crippen LogP) is 1.99. The van der Waals surface area contributed by atoms with E-state index in [4.69, 9.17) is 5.84 Å². The summed E-state index contributed by atoms with van der Waals surface area (Å²) >= 11 is 0. The molecule has 1 aromatic heterocycles. The maximum atomic E-state index is 12.4. The highest BCUT2D eigenvalue weighted by atomic mass is 16.4. The number of hydrazone groups is 1.